The predicted molar refractivity (Wildman–Crippen MR) is 110 cm³/mol. The summed E-state index contributed by atoms with van der Waals surface area (Å²) in [5.74, 6) is 1.49. The van der Waals surface area contributed by atoms with E-state index in [0.717, 1.165) is 37.6 Å². The van der Waals surface area contributed by atoms with Crippen molar-refractivity contribution in [1.29, 1.82) is 0 Å². The van der Waals surface area contributed by atoms with Crippen LogP contribution in [-0.4, -0.2) is 105 Å². The minimum absolute atomic E-state index is 0.100. The molecule has 1 N–H and O–H groups in total. The van der Waals surface area contributed by atoms with Crippen LogP contribution in [0.3, 0.4) is 0 Å². The molecule has 0 atom stereocenters. The first-order valence-electron chi connectivity index (χ1n) is 10.2. The summed E-state index contributed by atoms with van der Waals surface area (Å²) in [7, 11) is 3.92. The average molecular weight is 411 g/mol. The summed E-state index contributed by atoms with van der Waals surface area (Å²) in [6.07, 6.45) is 3.60. The van der Waals surface area contributed by atoms with Gasteiger partial charge in [0.2, 0.25) is 0 Å². The number of carbonyl (C=O) groups excluding carboxylic acids is 1. The van der Waals surface area contributed by atoms with Crippen molar-refractivity contribution in [1.82, 2.24) is 39.5 Å². The van der Waals surface area contributed by atoms with Crippen molar-refractivity contribution in [2.24, 2.45) is 7.05 Å². The van der Waals surface area contributed by atoms with Crippen LogP contribution in [0.15, 0.2) is 12.4 Å². The zero-order valence-corrected chi connectivity index (χ0v) is 17.2. The number of carbonyl (C=O) groups is 1. The van der Waals surface area contributed by atoms with Crippen LogP contribution in [0, 0.1) is 0 Å². The summed E-state index contributed by atoms with van der Waals surface area (Å²) in [5, 5.41) is 4.23. The fourth-order valence-electron chi connectivity index (χ4n) is 3.81. The van der Waals surface area contributed by atoms with Gasteiger partial charge in [0.15, 0.2) is 23.1 Å². The maximum Gasteiger partial charge on any atom is 0.289 e. The second-order valence-electron chi connectivity index (χ2n) is 7.75. The molecule has 11 nitrogen and oxygen atoms in total. The minimum atomic E-state index is -0.100. The molecule has 0 unspecified atom stereocenters. The molecule has 158 valence electrons. The van der Waals surface area contributed by atoms with Gasteiger partial charge in [-0.05, 0) is 7.05 Å². The smallest absolute Gasteiger partial charge is 0.289 e. The summed E-state index contributed by atoms with van der Waals surface area (Å²) in [6, 6.07) is 0. The summed E-state index contributed by atoms with van der Waals surface area (Å²) in [4.78, 5) is 36.4. The van der Waals surface area contributed by atoms with Crippen molar-refractivity contribution < 1.29 is 9.53 Å². The van der Waals surface area contributed by atoms with Crippen LogP contribution in [-0.2, 0) is 11.8 Å². The molecule has 0 spiro atoms. The Morgan fingerprint density at radius 2 is 1.80 bits per heavy atom. The van der Waals surface area contributed by atoms with E-state index in [2.05, 4.69) is 36.9 Å². The van der Waals surface area contributed by atoms with Crippen LogP contribution in [0.2, 0.25) is 0 Å². The highest BCUT2D eigenvalue weighted by molar-refractivity contribution is 5.96. The van der Waals surface area contributed by atoms with Crippen LogP contribution in [0.4, 0.5) is 5.82 Å². The number of hydrogen-bond acceptors (Lipinski definition) is 8. The van der Waals surface area contributed by atoms with Crippen molar-refractivity contribution in [3.8, 4) is 11.4 Å². The van der Waals surface area contributed by atoms with E-state index in [4.69, 9.17) is 9.72 Å². The van der Waals surface area contributed by atoms with Gasteiger partial charge in [0.05, 0.1) is 25.0 Å². The van der Waals surface area contributed by atoms with Crippen molar-refractivity contribution in [2.75, 3.05) is 64.4 Å². The number of likely N-dealkylation sites (N-methyl/N-ethyl adjacent to an activating group) is 1. The molecule has 2 fully saturated rings. The number of morpholine rings is 1. The third kappa shape index (κ3) is 3.50. The van der Waals surface area contributed by atoms with Crippen molar-refractivity contribution in [2.45, 2.75) is 0 Å². The molecular formula is C19H25N9O2. The van der Waals surface area contributed by atoms with E-state index < -0.39 is 0 Å². The van der Waals surface area contributed by atoms with Crippen LogP contribution < -0.4 is 4.90 Å². The Morgan fingerprint density at radius 3 is 2.50 bits per heavy atom. The first-order chi connectivity index (χ1) is 14.6. The third-order valence-electron chi connectivity index (χ3n) is 5.60. The minimum Gasteiger partial charge on any atom is -0.378 e. The Labute approximate surface area is 173 Å². The number of rotatable bonds is 3. The van der Waals surface area contributed by atoms with Gasteiger partial charge in [-0.15, -0.1) is 0 Å². The van der Waals surface area contributed by atoms with Crippen molar-refractivity contribution >= 4 is 22.9 Å². The number of nitrogens with one attached hydrogen (secondary N) is 1. The summed E-state index contributed by atoms with van der Waals surface area (Å²) in [6.45, 7) is 5.80. The number of nitrogens with zero attached hydrogens (tertiary/aromatic N) is 8. The molecule has 2 aliphatic rings. The van der Waals surface area contributed by atoms with Gasteiger partial charge in [-0.3, -0.25) is 9.48 Å². The fraction of sp³-hybridized carbons (Fsp3) is 0.526. The monoisotopic (exact) mass is 411 g/mol. The zero-order valence-electron chi connectivity index (χ0n) is 17.2. The largest absolute Gasteiger partial charge is 0.378 e. The van der Waals surface area contributed by atoms with E-state index in [1.807, 2.05) is 18.1 Å². The lowest BCUT2D eigenvalue weighted by Crippen LogP contribution is -2.47. The highest BCUT2D eigenvalue weighted by atomic mass is 16.5. The SMILES string of the molecule is CN1CCN(C(=O)c2nc3nc(-c4cnn(C)c4)nc(N4CCOCC4)c3[nH]2)CC1. The summed E-state index contributed by atoms with van der Waals surface area (Å²) >= 11 is 0. The molecule has 1 amide bonds. The third-order valence-corrected chi connectivity index (χ3v) is 5.60. The van der Waals surface area contributed by atoms with Gasteiger partial charge >= 0.3 is 0 Å². The van der Waals surface area contributed by atoms with Gasteiger partial charge in [0, 0.05) is 52.5 Å². The van der Waals surface area contributed by atoms with Gasteiger partial charge in [-0.1, -0.05) is 0 Å². The Kier molecular flexibility index (Phi) is 4.83. The van der Waals surface area contributed by atoms with Gasteiger partial charge in [0.1, 0.15) is 5.52 Å². The molecule has 2 aliphatic heterocycles. The Balaban J connectivity index is 1.56. The maximum atomic E-state index is 13.0. The number of aromatic amines is 1. The molecule has 5 rings (SSSR count). The van der Waals surface area contributed by atoms with Gasteiger partial charge in [-0.2, -0.15) is 5.10 Å². The second kappa shape index (κ2) is 7.65. The molecule has 0 saturated carbocycles. The van der Waals surface area contributed by atoms with Gasteiger partial charge < -0.3 is 24.4 Å². The normalized spacial score (nSPS) is 18.3. The molecule has 2 saturated heterocycles. The molecule has 0 aromatic carbocycles. The van der Waals surface area contributed by atoms with E-state index in [0.29, 0.717) is 49.1 Å². The number of fused-ring (bicyclic) bond motifs is 1. The van der Waals surface area contributed by atoms with E-state index in [-0.39, 0.29) is 5.91 Å². The summed E-state index contributed by atoms with van der Waals surface area (Å²) in [5.41, 5.74) is 1.98. The van der Waals surface area contributed by atoms with Gasteiger partial charge in [-0.25, -0.2) is 15.0 Å². The molecule has 0 bridgehead atoms. The number of anilines is 1. The molecule has 3 aromatic rings. The van der Waals surface area contributed by atoms with Crippen LogP contribution in [0.5, 0.6) is 0 Å². The van der Waals surface area contributed by atoms with Crippen LogP contribution >= 0.6 is 0 Å². The standard InChI is InChI=1S/C19H25N9O2/c1-25-3-5-28(6-4-25)19(29)17-21-14-16(23-17)22-15(13-11-20-26(2)12-13)24-18(14)27-7-9-30-10-8-27/h11-12H,3-10H2,1-2H3,(H,21,22,23,24). The maximum absolute atomic E-state index is 13.0. The highest BCUT2D eigenvalue weighted by Gasteiger charge is 2.26. The van der Waals surface area contributed by atoms with Crippen molar-refractivity contribution in [3.63, 3.8) is 0 Å². The average Bonchev–Trinajstić information content (AvgIpc) is 3.40. The van der Waals surface area contributed by atoms with E-state index in [9.17, 15) is 4.79 Å². The molecule has 0 aliphatic carbocycles. The van der Waals surface area contributed by atoms with Crippen molar-refractivity contribution in [3.05, 3.63) is 18.2 Å². The lowest BCUT2D eigenvalue weighted by Gasteiger charge is -2.31. The molecule has 30 heavy (non-hydrogen) atoms. The van der Waals surface area contributed by atoms with Crippen LogP contribution in [0.25, 0.3) is 22.6 Å². The Bertz CT molecular complexity index is 1060. The number of aromatic nitrogens is 6. The number of H-pyrrole nitrogens is 1. The topological polar surface area (TPSA) is 108 Å². The second-order valence-corrected chi connectivity index (χ2v) is 7.75. The highest BCUT2D eigenvalue weighted by Crippen LogP contribution is 2.27. The Morgan fingerprint density at radius 1 is 1.03 bits per heavy atom. The summed E-state index contributed by atoms with van der Waals surface area (Å²) < 4.78 is 7.21. The molecule has 11 heteroatoms. The predicted octanol–water partition coefficient (Wildman–Crippen LogP) is -0.0224. The number of amides is 1. The van der Waals surface area contributed by atoms with E-state index in [1.165, 1.54) is 0 Å². The quantitative estimate of drug-likeness (QED) is 0.641. The molecule has 5 heterocycles. The van der Waals surface area contributed by atoms with Crippen LogP contribution in [0.1, 0.15) is 10.6 Å². The first-order valence-corrected chi connectivity index (χ1v) is 10.2. The lowest BCUT2D eigenvalue weighted by atomic mass is 10.3. The molecular weight excluding hydrogens is 386 g/mol. The Hall–Kier alpha value is -3.05. The number of hydrogen-bond donors (Lipinski definition) is 1. The lowest BCUT2D eigenvalue weighted by molar-refractivity contribution is 0.0653. The number of ether oxygens (including phenoxy) is 1. The number of aryl methyl sites for hydroxylation is 1. The van der Waals surface area contributed by atoms with E-state index >= 15 is 0 Å². The molecule has 0 radical (unpaired) electrons. The number of piperazine rings is 1. The fourth-order valence-corrected chi connectivity index (χ4v) is 3.81. The zero-order chi connectivity index (χ0) is 20.7. The van der Waals surface area contributed by atoms with Gasteiger partial charge in [0.25, 0.3) is 5.91 Å². The molecule has 3 aromatic heterocycles. The number of imidazole rings is 1. The van der Waals surface area contributed by atoms with E-state index in [1.54, 1.807) is 10.9 Å². The first kappa shape index (κ1) is 18.9.